The van der Waals surface area contributed by atoms with Gasteiger partial charge in [0.25, 0.3) is 0 Å². The highest BCUT2D eigenvalue weighted by molar-refractivity contribution is 5.29. The summed E-state index contributed by atoms with van der Waals surface area (Å²) >= 11 is 0. The summed E-state index contributed by atoms with van der Waals surface area (Å²) in [6, 6.07) is 11.5. The van der Waals surface area contributed by atoms with Gasteiger partial charge in [-0.3, -0.25) is 0 Å². The Hall–Kier alpha value is -1.29. The van der Waals surface area contributed by atoms with Crippen LogP contribution in [0.3, 0.4) is 0 Å². The first kappa shape index (κ1) is 15.1. The topological polar surface area (TPSA) is 23.8 Å². The highest BCUT2D eigenvalue weighted by Gasteiger charge is 2.35. The van der Waals surface area contributed by atoms with Gasteiger partial charge in [0.05, 0.1) is 11.5 Å². The van der Waals surface area contributed by atoms with Gasteiger partial charge in [-0.25, -0.2) is 0 Å². The molecule has 0 spiro atoms. The van der Waals surface area contributed by atoms with E-state index in [1.54, 1.807) is 0 Å². The van der Waals surface area contributed by atoms with Crippen molar-refractivity contribution in [3.8, 4) is 6.07 Å². The number of benzene rings is 1. The van der Waals surface area contributed by atoms with E-state index in [4.69, 9.17) is 0 Å². The Labute approximate surface area is 124 Å². The van der Waals surface area contributed by atoms with Crippen molar-refractivity contribution < 1.29 is 0 Å². The van der Waals surface area contributed by atoms with Gasteiger partial charge < -0.3 is 0 Å². The third kappa shape index (κ3) is 3.42. The molecule has 0 radical (unpaired) electrons. The SMILES string of the molecule is CC1CCCC(C#N)(Cc2ccc(C(C)(C)C)cc2)C1. The number of hydrogen-bond donors (Lipinski definition) is 0. The lowest BCUT2D eigenvalue weighted by Crippen LogP contribution is -2.28. The molecule has 1 aromatic rings. The lowest BCUT2D eigenvalue weighted by Gasteiger charge is -2.34. The predicted octanol–water partition coefficient (Wildman–Crippen LogP) is 5.25. The third-order valence-corrected chi connectivity index (χ3v) is 4.69. The summed E-state index contributed by atoms with van der Waals surface area (Å²) in [7, 11) is 0. The summed E-state index contributed by atoms with van der Waals surface area (Å²) in [5, 5.41) is 9.65. The van der Waals surface area contributed by atoms with E-state index in [2.05, 4.69) is 58.0 Å². The Morgan fingerprint density at radius 2 is 1.90 bits per heavy atom. The Bertz CT molecular complexity index is 486. The summed E-state index contributed by atoms with van der Waals surface area (Å²) in [6.07, 6.45) is 5.53. The highest BCUT2D eigenvalue weighted by atomic mass is 14.4. The quantitative estimate of drug-likeness (QED) is 0.719. The molecule has 1 nitrogen and oxygen atoms in total. The predicted molar refractivity (Wildman–Crippen MR) is 84.5 cm³/mol. The second kappa shape index (κ2) is 5.60. The van der Waals surface area contributed by atoms with Crippen LogP contribution in [-0.4, -0.2) is 0 Å². The zero-order valence-electron chi connectivity index (χ0n) is 13.4. The van der Waals surface area contributed by atoms with Crippen LogP contribution in [0.25, 0.3) is 0 Å². The zero-order valence-corrected chi connectivity index (χ0v) is 13.4. The van der Waals surface area contributed by atoms with Gasteiger partial charge in [-0.05, 0) is 41.7 Å². The van der Waals surface area contributed by atoms with Gasteiger partial charge in [0.1, 0.15) is 0 Å². The lowest BCUT2D eigenvalue weighted by atomic mass is 9.68. The lowest BCUT2D eigenvalue weighted by molar-refractivity contribution is 0.209. The normalized spacial score (nSPS) is 27.1. The first-order chi connectivity index (χ1) is 9.35. The molecule has 1 heteroatoms. The van der Waals surface area contributed by atoms with Gasteiger partial charge in [0.15, 0.2) is 0 Å². The molecule has 1 fully saturated rings. The summed E-state index contributed by atoms with van der Waals surface area (Å²) in [5.41, 5.74) is 2.75. The molecule has 0 heterocycles. The Balaban J connectivity index is 2.14. The second-order valence-electron chi connectivity index (χ2n) is 7.72. The fourth-order valence-corrected chi connectivity index (χ4v) is 3.48. The van der Waals surface area contributed by atoms with Crippen molar-refractivity contribution in [3.05, 3.63) is 35.4 Å². The zero-order chi connectivity index (χ0) is 14.8. The smallest absolute Gasteiger partial charge is 0.0693 e. The number of nitriles is 1. The van der Waals surface area contributed by atoms with Gasteiger partial charge in [-0.1, -0.05) is 64.8 Å². The molecular weight excluding hydrogens is 242 g/mol. The molecule has 0 saturated heterocycles. The van der Waals surface area contributed by atoms with Crippen LogP contribution < -0.4 is 0 Å². The molecule has 0 aromatic heterocycles. The molecule has 0 amide bonds. The van der Waals surface area contributed by atoms with Gasteiger partial charge in [-0.15, -0.1) is 0 Å². The van der Waals surface area contributed by atoms with Crippen molar-refractivity contribution in [1.82, 2.24) is 0 Å². The van der Waals surface area contributed by atoms with Crippen molar-refractivity contribution >= 4 is 0 Å². The maximum absolute atomic E-state index is 9.65. The number of rotatable bonds is 2. The average Bonchev–Trinajstić information content (AvgIpc) is 2.38. The summed E-state index contributed by atoms with van der Waals surface area (Å²) < 4.78 is 0. The van der Waals surface area contributed by atoms with Crippen molar-refractivity contribution in [1.29, 1.82) is 5.26 Å². The molecule has 1 aliphatic carbocycles. The molecule has 1 saturated carbocycles. The monoisotopic (exact) mass is 269 g/mol. The van der Waals surface area contributed by atoms with Gasteiger partial charge in [0.2, 0.25) is 0 Å². The fourth-order valence-electron chi connectivity index (χ4n) is 3.48. The maximum atomic E-state index is 9.65. The Morgan fingerprint density at radius 1 is 1.25 bits per heavy atom. The Kier molecular flexibility index (Phi) is 4.23. The highest BCUT2D eigenvalue weighted by Crippen LogP contribution is 2.41. The van der Waals surface area contributed by atoms with Crippen molar-refractivity contribution in [3.63, 3.8) is 0 Å². The first-order valence-electron chi connectivity index (χ1n) is 7.85. The average molecular weight is 269 g/mol. The Morgan fingerprint density at radius 3 is 2.40 bits per heavy atom. The van der Waals surface area contributed by atoms with E-state index in [0.717, 1.165) is 19.3 Å². The minimum atomic E-state index is -0.124. The van der Waals surface area contributed by atoms with Crippen molar-refractivity contribution in [2.75, 3.05) is 0 Å². The summed E-state index contributed by atoms with van der Waals surface area (Å²) in [5.74, 6) is 0.692. The van der Waals surface area contributed by atoms with E-state index < -0.39 is 0 Å². The molecule has 0 aliphatic heterocycles. The molecule has 0 N–H and O–H groups in total. The van der Waals surface area contributed by atoms with Gasteiger partial charge in [0, 0.05) is 0 Å². The van der Waals surface area contributed by atoms with Crippen molar-refractivity contribution in [2.45, 2.75) is 65.2 Å². The molecule has 1 aromatic carbocycles. The van der Waals surface area contributed by atoms with Crippen LogP contribution >= 0.6 is 0 Å². The van der Waals surface area contributed by atoms with E-state index in [1.807, 2.05) is 0 Å². The third-order valence-electron chi connectivity index (χ3n) is 4.69. The number of hydrogen-bond acceptors (Lipinski definition) is 1. The molecule has 1 aliphatic rings. The summed E-state index contributed by atoms with van der Waals surface area (Å²) in [4.78, 5) is 0. The van der Waals surface area contributed by atoms with Crippen LogP contribution in [0.15, 0.2) is 24.3 Å². The van der Waals surface area contributed by atoms with E-state index in [9.17, 15) is 5.26 Å². The van der Waals surface area contributed by atoms with E-state index in [0.29, 0.717) is 5.92 Å². The molecule has 0 bridgehead atoms. The van der Waals surface area contributed by atoms with Crippen LogP contribution in [0, 0.1) is 22.7 Å². The van der Waals surface area contributed by atoms with Crippen LogP contribution in [0.2, 0.25) is 0 Å². The van der Waals surface area contributed by atoms with E-state index in [-0.39, 0.29) is 10.8 Å². The maximum Gasteiger partial charge on any atom is 0.0693 e. The second-order valence-corrected chi connectivity index (χ2v) is 7.72. The van der Waals surface area contributed by atoms with Crippen molar-refractivity contribution in [2.24, 2.45) is 11.3 Å². The first-order valence-corrected chi connectivity index (χ1v) is 7.85. The minimum Gasteiger partial charge on any atom is -0.198 e. The molecule has 2 unspecified atom stereocenters. The fraction of sp³-hybridized carbons (Fsp3) is 0.632. The minimum absolute atomic E-state index is 0.124. The molecular formula is C19H27N. The molecule has 2 rings (SSSR count). The summed E-state index contributed by atoms with van der Waals surface area (Å²) in [6.45, 7) is 9.00. The largest absolute Gasteiger partial charge is 0.198 e. The van der Waals surface area contributed by atoms with Crippen LogP contribution in [-0.2, 0) is 11.8 Å². The molecule has 20 heavy (non-hydrogen) atoms. The van der Waals surface area contributed by atoms with Crippen LogP contribution in [0.1, 0.15) is 64.5 Å². The number of nitrogens with zero attached hydrogens (tertiary/aromatic N) is 1. The van der Waals surface area contributed by atoms with E-state index >= 15 is 0 Å². The standard InChI is InChI=1S/C19H27N/c1-15-6-5-11-19(12-15,14-20)13-16-7-9-17(10-8-16)18(2,3)4/h7-10,15H,5-6,11-13H2,1-4H3. The molecule has 108 valence electrons. The van der Waals surface area contributed by atoms with Gasteiger partial charge >= 0.3 is 0 Å². The van der Waals surface area contributed by atoms with E-state index in [1.165, 1.54) is 24.0 Å². The van der Waals surface area contributed by atoms with Crippen LogP contribution in [0.5, 0.6) is 0 Å². The van der Waals surface area contributed by atoms with Crippen LogP contribution in [0.4, 0.5) is 0 Å². The molecule has 2 atom stereocenters. The van der Waals surface area contributed by atoms with Gasteiger partial charge in [-0.2, -0.15) is 5.26 Å².